The molecular weight excluding hydrogens is 287 g/mol. The minimum Gasteiger partial charge on any atom is -0.344 e. The Morgan fingerprint density at radius 1 is 1.33 bits per heavy atom. The van der Waals surface area contributed by atoms with Crippen molar-refractivity contribution in [2.24, 2.45) is 11.1 Å². The van der Waals surface area contributed by atoms with Crippen LogP contribution in [0, 0.1) is 11.2 Å². The van der Waals surface area contributed by atoms with Crippen molar-refractivity contribution in [3.05, 3.63) is 58.0 Å². The molecule has 0 saturated carbocycles. The number of benzene rings is 1. The third kappa shape index (κ3) is 3.68. The molecule has 0 aliphatic rings. The van der Waals surface area contributed by atoms with Gasteiger partial charge in [0.1, 0.15) is 5.82 Å². The SMILES string of the molecule is CC(C)(CN)C(=O)NC(c1ccc(F)cc1)c1cccs1. The molecule has 1 aromatic heterocycles. The average Bonchev–Trinajstić information content (AvgIpc) is 2.99. The maximum Gasteiger partial charge on any atom is 0.227 e. The van der Waals surface area contributed by atoms with E-state index in [0.29, 0.717) is 0 Å². The summed E-state index contributed by atoms with van der Waals surface area (Å²) in [7, 11) is 0. The van der Waals surface area contributed by atoms with Crippen LogP contribution in [0.1, 0.15) is 30.3 Å². The summed E-state index contributed by atoms with van der Waals surface area (Å²) < 4.78 is 13.1. The summed E-state index contributed by atoms with van der Waals surface area (Å²) in [5, 5.41) is 4.97. The van der Waals surface area contributed by atoms with Crippen molar-refractivity contribution in [3.63, 3.8) is 0 Å². The van der Waals surface area contributed by atoms with Gasteiger partial charge in [0.05, 0.1) is 11.5 Å². The largest absolute Gasteiger partial charge is 0.344 e. The number of nitrogens with two attached hydrogens (primary N) is 1. The molecule has 0 bridgehead atoms. The summed E-state index contributed by atoms with van der Waals surface area (Å²) in [5.74, 6) is -0.412. The number of rotatable bonds is 5. The lowest BCUT2D eigenvalue weighted by Crippen LogP contribution is -2.43. The highest BCUT2D eigenvalue weighted by Gasteiger charge is 2.29. The lowest BCUT2D eigenvalue weighted by atomic mass is 9.91. The summed E-state index contributed by atoms with van der Waals surface area (Å²) in [5.41, 5.74) is 5.86. The highest BCUT2D eigenvalue weighted by Crippen LogP contribution is 2.27. The van der Waals surface area contributed by atoms with Crippen LogP contribution in [-0.4, -0.2) is 12.5 Å². The van der Waals surface area contributed by atoms with Gasteiger partial charge in [-0.15, -0.1) is 11.3 Å². The van der Waals surface area contributed by atoms with Crippen LogP contribution in [0.5, 0.6) is 0 Å². The predicted octanol–water partition coefficient (Wildman–Crippen LogP) is 3.08. The van der Waals surface area contributed by atoms with E-state index in [2.05, 4.69) is 5.32 Å². The van der Waals surface area contributed by atoms with Crippen molar-refractivity contribution in [2.75, 3.05) is 6.54 Å². The van der Waals surface area contributed by atoms with Crippen molar-refractivity contribution in [1.82, 2.24) is 5.32 Å². The molecule has 3 nitrogen and oxygen atoms in total. The molecule has 2 rings (SSSR count). The fourth-order valence-corrected chi connectivity index (χ4v) is 2.65. The zero-order chi connectivity index (χ0) is 15.5. The third-order valence-electron chi connectivity index (χ3n) is 3.43. The number of hydrogen-bond acceptors (Lipinski definition) is 3. The molecule has 3 N–H and O–H groups in total. The number of amides is 1. The van der Waals surface area contributed by atoms with Gasteiger partial charge in [0.15, 0.2) is 0 Å². The van der Waals surface area contributed by atoms with E-state index in [1.54, 1.807) is 37.3 Å². The van der Waals surface area contributed by atoms with Crippen molar-refractivity contribution in [1.29, 1.82) is 0 Å². The maximum absolute atomic E-state index is 13.1. The molecule has 0 spiro atoms. The Kier molecular flexibility index (Phi) is 4.75. The first kappa shape index (κ1) is 15.7. The first-order valence-electron chi connectivity index (χ1n) is 6.74. The minimum atomic E-state index is -0.643. The van der Waals surface area contributed by atoms with E-state index in [1.165, 1.54) is 12.1 Å². The smallest absolute Gasteiger partial charge is 0.227 e. The van der Waals surface area contributed by atoms with Gasteiger partial charge < -0.3 is 11.1 Å². The average molecular weight is 306 g/mol. The molecule has 1 atom stereocenters. The zero-order valence-electron chi connectivity index (χ0n) is 12.1. The molecule has 0 radical (unpaired) electrons. The number of carbonyl (C=O) groups excluding carboxylic acids is 1. The molecule has 5 heteroatoms. The van der Waals surface area contributed by atoms with Crippen LogP contribution in [0.4, 0.5) is 4.39 Å². The van der Waals surface area contributed by atoms with E-state index >= 15 is 0 Å². The van der Waals surface area contributed by atoms with Crippen molar-refractivity contribution in [2.45, 2.75) is 19.9 Å². The monoisotopic (exact) mass is 306 g/mol. The van der Waals surface area contributed by atoms with Gasteiger partial charge >= 0.3 is 0 Å². The van der Waals surface area contributed by atoms with Gasteiger partial charge in [-0.2, -0.15) is 0 Å². The van der Waals surface area contributed by atoms with E-state index in [1.807, 2.05) is 17.5 Å². The fourth-order valence-electron chi connectivity index (χ4n) is 1.85. The first-order chi connectivity index (χ1) is 9.94. The van der Waals surface area contributed by atoms with Crippen molar-refractivity contribution >= 4 is 17.2 Å². The highest BCUT2D eigenvalue weighted by molar-refractivity contribution is 7.10. The van der Waals surface area contributed by atoms with Gasteiger partial charge in [-0.05, 0) is 43.0 Å². The molecule has 112 valence electrons. The van der Waals surface area contributed by atoms with E-state index in [4.69, 9.17) is 5.73 Å². The summed E-state index contributed by atoms with van der Waals surface area (Å²) >= 11 is 1.55. The molecule has 0 aliphatic carbocycles. The van der Waals surface area contributed by atoms with Gasteiger partial charge in [0.2, 0.25) is 5.91 Å². The van der Waals surface area contributed by atoms with Crippen LogP contribution in [0.3, 0.4) is 0 Å². The van der Waals surface area contributed by atoms with E-state index in [-0.39, 0.29) is 24.3 Å². The number of nitrogens with one attached hydrogen (secondary N) is 1. The second-order valence-electron chi connectivity index (χ2n) is 5.56. The summed E-state index contributed by atoms with van der Waals surface area (Å²) in [6, 6.07) is 9.77. The Labute approximate surface area is 128 Å². The standard InChI is InChI=1S/C16H19FN2OS/c1-16(2,10-18)15(20)19-14(13-4-3-9-21-13)11-5-7-12(17)8-6-11/h3-9,14H,10,18H2,1-2H3,(H,19,20). The lowest BCUT2D eigenvalue weighted by molar-refractivity contribution is -0.129. The molecule has 1 aromatic carbocycles. The minimum absolute atomic E-state index is 0.118. The molecular formula is C16H19FN2OS. The fraction of sp³-hybridized carbons (Fsp3) is 0.312. The molecule has 1 amide bonds. The van der Waals surface area contributed by atoms with Crippen LogP contribution >= 0.6 is 11.3 Å². The molecule has 0 aliphatic heterocycles. The number of carbonyl (C=O) groups is 1. The number of halogens is 1. The Hall–Kier alpha value is -1.72. The molecule has 1 unspecified atom stereocenters. The Morgan fingerprint density at radius 2 is 2.00 bits per heavy atom. The topological polar surface area (TPSA) is 55.1 Å². The first-order valence-corrected chi connectivity index (χ1v) is 7.62. The summed E-state index contributed by atoms with van der Waals surface area (Å²) in [6.07, 6.45) is 0. The normalized spacial score (nSPS) is 13.0. The summed E-state index contributed by atoms with van der Waals surface area (Å²) in [6.45, 7) is 3.87. The molecule has 1 heterocycles. The van der Waals surface area contributed by atoms with Gasteiger partial charge in [0.25, 0.3) is 0 Å². The van der Waals surface area contributed by atoms with Crippen LogP contribution in [0.2, 0.25) is 0 Å². The Bertz CT molecular complexity index is 593. The molecule has 21 heavy (non-hydrogen) atoms. The molecule has 0 fully saturated rings. The zero-order valence-corrected chi connectivity index (χ0v) is 12.9. The van der Waals surface area contributed by atoms with Crippen molar-refractivity contribution < 1.29 is 9.18 Å². The van der Waals surface area contributed by atoms with Crippen LogP contribution in [-0.2, 0) is 4.79 Å². The molecule has 0 saturated heterocycles. The Balaban J connectivity index is 2.30. The van der Waals surface area contributed by atoms with Gasteiger partial charge in [-0.25, -0.2) is 4.39 Å². The third-order valence-corrected chi connectivity index (χ3v) is 4.37. The number of hydrogen-bond donors (Lipinski definition) is 2. The maximum atomic E-state index is 13.1. The summed E-state index contributed by atoms with van der Waals surface area (Å²) in [4.78, 5) is 13.4. The molecule has 2 aromatic rings. The van der Waals surface area contributed by atoms with E-state index in [0.717, 1.165) is 10.4 Å². The second kappa shape index (κ2) is 6.37. The Morgan fingerprint density at radius 3 is 2.52 bits per heavy atom. The van der Waals surface area contributed by atoms with Crippen LogP contribution < -0.4 is 11.1 Å². The highest BCUT2D eigenvalue weighted by atomic mass is 32.1. The second-order valence-corrected chi connectivity index (χ2v) is 6.54. The van der Waals surface area contributed by atoms with Crippen LogP contribution in [0.25, 0.3) is 0 Å². The van der Waals surface area contributed by atoms with E-state index in [9.17, 15) is 9.18 Å². The van der Waals surface area contributed by atoms with Gasteiger partial charge in [-0.1, -0.05) is 18.2 Å². The lowest BCUT2D eigenvalue weighted by Gasteiger charge is -2.26. The van der Waals surface area contributed by atoms with Gasteiger partial charge in [0, 0.05) is 11.4 Å². The quantitative estimate of drug-likeness (QED) is 0.892. The van der Waals surface area contributed by atoms with Gasteiger partial charge in [-0.3, -0.25) is 4.79 Å². The van der Waals surface area contributed by atoms with Crippen molar-refractivity contribution in [3.8, 4) is 0 Å². The van der Waals surface area contributed by atoms with Crippen LogP contribution in [0.15, 0.2) is 41.8 Å². The number of thiophene rings is 1. The van der Waals surface area contributed by atoms with E-state index < -0.39 is 5.41 Å². The predicted molar refractivity (Wildman–Crippen MR) is 83.5 cm³/mol.